The fraction of sp³-hybridized carbons (Fsp3) is 0.571. The molecule has 1 aromatic carbocycles. The fourth-order valence-corrected chi connectivity index (χ4v) is 2.08. The van der Waals surface area contributed by atoms with E-state index in [1.54, 1.807) is 0 Å². The van der Waals surface area contributed by atoms with Gasteiger partial charge in [0.15, 0.2) is 0 Å². The first-order valence-corrected chi connectivity index (χ1v) is 6.72. The number of ether oxygens (including phenoxy) is 1. The Bertz CT molecular complexity index is 371. The van der Waals surface area contributed by atoms with E-state index >= 15 is 0 Å². The first kappa shape index (κ1) is 15.4. The second-order valence-electron chi connectivity index (χ2n) is 4.44. The van der Waals surface area contributed by atoms with E-state index < -0.39 is 0 Å². The van der Waals surface area contributed by atoms with Gasteiger partial charge in [0.1, 0.15) is 0 Å². The number of nitrogens with two attached hydrogens (primary N) is 1. The van der Waals surface area contributed by atoms with Gasteiger partial charge in [-0.3, -0.25) is 4.90 Å². The molecule has 0 aliphatic carbocycles. The SMILES string of the molecule is CCOCCN(C)C(CN)c1ccc(C)c(Cl)c1. The Balaban J connectivity index is 2.72. The number of benzene rings is 1. The lowest BCUT2D eigenvalue weighted by atomic mass is 10.0. The monoisotopic (exact) mass is 270 g/mol. The number of hydrogen-bond acceptors (Lipinski definition) is 3. The van der Waals surface area contributed by atoms with Crippen molar-refractivity contribution in [3.05, 3.63) is 34.3 Å². The summed E-state index contributed by atoms with van der Waals surface area (Å²) in [6.45, 7) is 6.91. The number of hydrogen-bond donors (Lipinski definition) is 1. The maximum atomic E-state index is 6.16. The van der Waals surface area contributed by atoms with Crippen LogP contribution in [0, 0.1) is 6.92 Å². The van der Waals surface area contributed by atoms with Crippen molar-refractivity contribution in [1.29, 1.82) is 0 Å². The van der Waals surface area contributed by atoms with Crippen LogP contribution in [0.15, 0.2) is 18.2 Å². The third-order valence-electron chi connectivity index (χ3n) is 3.13. The normalized spacial score (nSPS) is 13.0. The Morgan fingerprint density at radius 1 is 1.44 bits per heavy atom. The number of aryl methyl sites for hydroxylation is 1. The molecule has 1 unspecified atom stereocenters. The molecule has 0 fully saturated rings. The summed E-state index contributed by atoms with van der Waals surface area (Å²) < 4.78 is 5.37. The summed E-state index contributed by atoms with van der Waals surface area (Å²) in [4.78, 5) is 2.21. The first-order valence-electron chi connectivity index (χ1n) is 6.34. The summed E-state index contributed by atoms with van der Waals surface area (Å²) in [7, 11) is 2.06. The summed E-state index contributed by atoms with van der Waals surface area (Å²) >= 11 is 6.16. The highest BCUT2D eigenvalue weighted by Gasteiger charge is 2.15. The van der Waals surface area contributed by atoms with E-state index in [4.69, 9.17) is 22.1 Å². The summed E-state index contributed by atoms with van der Waals surface area (Å²) in [6, 6.07) is 6.32. The standard InChI is InChI=1S/C14H23ClN2O/c1-4-18-8-7-17(3)14(10-16)12-6-5-11(2)13(15)9-12/h5-6,9,14H,4,7-8,10,16H2,1-3H3. The zero-order valence-corrected chi connectivity index (χ0v) is 12.2. The lowest BCUT2D eigenvalue weighted by molar-refractivity contribution is 0.108. The molecule has 102 valence electrons. The molecule has 1 aromatic rings. The van der Waals surface area contributed by atoms with E-state index in [9.17, 15) is 0 Å². The molecule has 0 heterocycles. The average molecular weight is 271 g/mol. The van der Waals surface area contributed by atoms with Gasteiger partial charge in [-0.25, -0.2) is 0 Å². The van der Waals surface area contributed by atoms with Crippen molar-refractivity contribution >= 4 is 11.6 Å². The van der Waals surface area contributed by atoms with Crippen molar-refractivity contribution in [2.75, 3.05) is 33.4 Å². The minimum atomic E-state index is 0.184. The van der Waals surface area contributed by atoms with Crippen molar-refractivity contribution in [2.45, 2.75) is 19.9 Å². The topological polar surface area (TPSA) is 38.5 Å². The van der Waals surface area contributed by atoms with Crippen LogP contribution in [0.1, 0.15) is 24.1 Å². The van der Waals surface area contributed by atoms with Gasteiger partial charge in [0.05, 0.1) is 6.61 Å². The second-order valence-corrected chi connectivity index (χ2v) is 4.84. The molecular weight excluding hydrogens is 248 g/mol. The average Bonchev–Trinajstić information content (AvgIpc) is 2.35. The first-order chi connectivity index (χ1) is 8.60. The van der Waals surface area contributed by atoms with Crippen LogP contribution in [0.3, 0.4) is 0 Å². The smallest absolute Gasteiger partial charge is 0.0593 e. The molecule has 18 heavy (non-hydrogen) atoms. The summed E-state index contributed by atoms with van der Waals surface area (Å²) in [5.74, 6) is 0. The maximum Gasteiger partial charge on any atom is 0.0593 e. The lowest BCUT2D eigenvalue weighted by Crippen LogP contribution is -2.33. The molecule has 0 saturated heterocycles. The summed E-state index contributed by atoms with van der Waals surface area (Å²) in [5.41, 5.74) is 8.12. The number of halogens is 1. The fourth-order valence-electron chi connectivity index (χ4n) is 1.90. The number of likely N-dealkylation sites (N-methyl/N-ethyl adjacent to an activating group) is 1. The summed E-state index contributed by atoms with van der Waals surface area (Å²) in [5, 5.41) is 0.796. The minimum absolute atomic E-state index is 0.184. The molecule has 3 nitrogen and oxygen atoms in total. The Hall–Kier alpha value is -0.610. The number of nitrogens with zero attached hydrogens (tertiary/aromatic N) is 1. The highest BCUT2D eigenvalue weighted by molar-refractivity contribution is 6.31. The molecule has 1 atom stereocenters. The highest BCUT2D eigenvalue weighted by atomic mass is 35.5. The van der Waals surface area contributed by atoms with E-state index in [1.165, 1.54) is 0 Å². The van der Waals surface area contributed by atoms with Crippen LogP contribution >= 0.6 is 11.6 Å². The van der Waals surface area contributed by atoms with E-state index in [0.717, 1.165) is 35.9 Å². The second kappa shape index (κ2) is 7.74. The predicted molar refractivity (Wildman–Crippen MR) is 77.1 cm³/mol. The maximum absolute atomic E-state index is 6.16. The molecule has 0 aliphatic heterocycles. The van der Waals surface area contributed by atoms with Gasteiger partial charge in [0.25, 0.3) is 0 Å². The van der Waals surface area contributed by atoms with E-state index in [2.05, 4.69) is 18.0 Å². The summed E-state index contributed by atoms with van der Waals surface area (Å²) in [6.07, 6.45) is 0. The molecular formula is C14H23ClN2O. The van der Waals surface area contributed by atoms with Crippen LogP contribution in [-0.4, -0.2) is 38.3 Å². The van der Waals surface area contributed by atoms with Crippen molar-refractivity contribution in [1.82, 2.24) is 4.90 Å². The van der Waals surface area contributed by atoms with Crippen molar-refractivity contribution in [2.24, 2.45) is 5.73 Å². The molecule has 0 aromatic heterocycles. The van der Waals surface area contributed by atoms with Gasteiger partial charge >= 0.3 is 0 Å². The largest absolute Gasteiger partial charge is 0.380 e. The van der Waals surface area contributed by atoms with Gasteiger partial charge in [-0.05, 0) is 38.1 Å². The third-order valence-corrected chi connectivity index (χ3v) is 3.54. The van der Waals surface area contributed by atoms with Crippen LogP contribution in [0.5, 0.6) is 0 Å². The molecule has 4 heteroatoms. The van der Waals surface area contributed by atoms with Gasteiger partial charge in [-0.2, -0.15) is 0 Å². The van der Waals surface area contributed by atoms with Crippen molar-refractivity contribution in [3.63, 3.8) is 0 Å². The zero-order chi connectivity index (χ0) is 13.5. The van der Waals surface area contributed by atoms with E-state index in [0.29, 0.717) is 6.54 Å². The van der Waals surface area contributed by atoms with Crippen molar-refractivity contribution < 1.29 is 4.74 Å². The molecule has 0 radical (unpaired) electrons. The van der Waals surface area contributed by atoms with Gasteiger partial charge in [0, 0.05) is 30.8 Å². The van der Waals surface area contributed by atoms with Gasteiger partial charge in [0.2, 0.25) is 0 Å². The number of rotatable bonds is 7. The Kier molecular flexibility index (Phi) is 6.65. The molecule has 0 spiro atoms. The molecule has 2 N–H and O–H groups in total. The van der Waals surface area contributed by atoms with E-state index in [-0.39, 0.29) is 6.04 Å². The Morgan fingerprint density at radius 2 is 2.17 bits per heavy atom. The van der Waals surface area contributed by atoms with Crippen LogP contribution < -0.4 is 5.73 Å². The molecule has 0 saturated carbocycles. The van der Waals surface area contributed by atoms with Gasteiger partial charge < -0.3 is 10.5 Å². The quantitative estimate of drug-likeness (QED) is 0.774. The molecule has 0 aliphatic rings. The van der Waals surface area contributed by atoms with Gasteiger partial charge in [-0.15, -0.1) is 0 Å². The van der Waals surface area contributed by atoms with Crippen LogP contribution in [-0.2, 0) is 4.74 Å². The lowest BCUT2D eigenvalue weighted by Gasteiger charge is -2.27. The van der Waals surface area contributed by atoms with Crippen LogP contribution in [0.25, 0.3) is 0 Å². The highest BCUT2D eigenvalue weighted by Crippen LogP contribution is 2.24. The minimum Gasteiger partial charge on any atom is -0.380 e. The molecule has 1 rings (SSSR count). The van der Waals surface area contributed by atoms with Gasteiger partial charge in [-0.1, -0.05) is 23.7 Å². The Labute approximate surface area is 115 Å². The van der Waals surface area contributed by atoms with Crippen LogP contribution in [0.4, 0.5) is 0 Å². The predicted octanol–water partition coefficient (Wildman–Crippen LogP) is 2.62. The zero-order valence-electron chi connectivity index (χ0n) is 11.4. The Morgan fingerprint density at radius 3 is 2.72 bits per heavy atom. The third kappa shape index (κ3) is 4.25. The van der Waals surface area contributed by atoms with Crippen molar-refractivity contribution in [3.8, 4) is 0 Å². The van der Waals surface area contributed by atoms with E-state index in [1.807, 2.05) is 26.0 Å². The molecule has 0 amide bonds. The van der Waals surface area contributed by atoms with Crippen LogP contribution in [0.2, 0.25) is 5.02 Å². The molecule has 0 bridgehead atoms.